The fourth-order valence-corrected chi connectivity index (χ4v) is 3.35. The van der Waals surface area contributed by atoms with Gasteiger partial charge in [-0.2, -0.15) is 0 Å². The first kappa shape index (κ1) is 18.0. The average Bonchev–Trinajstić information content (AvgIpc) is 3.40. The highest BCUT2D eigenvalue weighted by molar-refractivity contribution is 6.13. The van der Waals surface area contributed by atoms with Crippen molar-refractivity contribution in [3.05, 3.63) is 53.3 Å². The molecule has 28 heavy (non-hydrogen) atoms. The Morgan fingerprint density at radius 1 is 1.11 bits per heavy atom. The van der Waals surface area contributed by atoms with E-state index >= 15 is 0 Å². The Bertz CT molecular complexity index is 960. The molecule has 1 atom stereocenters. The van der Waals surface area contributed by atoms with E-state index in [0.29, 0.717) is 35.1 Å². The summed E-state index contributed by atoms with van der Waals surface area (Å²) in [6.07, 6.45) is 8.35. The van der Waals surface area contributed by atoms with Crippen molar-refractivity contribution in [2.45, 2.75) is 12.5 Å². The standard InChI is InChI=1S/C21H20N2O5/c1-25-17-9-14(10-18(26-2)20(17)27-3)19(24)16-11-28-21(23-16)13-5-4-12-6-7-22-15(12)8-13/h4-7,9-10,16H,8,11H2,1-3H3. The lowest BCUT2D eigenvalue weighted by Gasteiger charge is -2.14. The summed E-state index contributed by atoms with van der Waals surface area (Å²) >= 11 is 0. The fraction of sp³-hybridized carbons (Fsp3) is 0.286. The first-order valence-electron chi connectivity index (χ1n) is 8.84. The topological polar surface area (TPSA) is 78.7 Å². The number of ketones is 1. The van der Waals surface area contributed by atoms with Crippen molar-refractivity contribution >= 4 is 17.4 Å². The van der Waals surface area contributed by atoms with E-state index in [1.54, 1.807) is 18.3 Å². The second kappa shape index (κ2) is 7.34. The molecule has 1 aromatic rings. The van der Waals surface area contributed by atoms with Gasteiger partial charge in [-0.1, -0.05) is 12.2 Å². The van der Waals surface area contributed by atoms with Crippen LogP contribution in [-0.4, -0.2) is 51.4 Å². The monoisotopic (exact) mass is 380 g/mol. The van der Waals surface area contributed by atoms with Gasteiger partial charge < -0.3 is 18.9 Å². The summed E-state index contributed by atoms with van der Waals surface area (Å²) in [6.45, 7) is 0.198. The van der Waals surface area contributed by atoms with Crippen LogP contribution in [0.5, 0.6) is 17.2 Å². The summed E-state index contributed by atoms with van der Waals surface area (Å²) in [6, 6.07) is 2.64. The Labute approximate surface area is 162 Å². The van der Waals surface area contributed by atoms with E-state index in [4.69, 9.17) is 18.9 Å². The van der Waals surface area contributed by atoms with E-state index in [9.17, 15) is 4.79 Å². The van der Waals surface area contributed by atoms with Crippen LogP contribution in [0.25, 0.3) is 0 Å². The summed E-state index contributed by atoms with van der Waals surface area (Å²) < 4.78 is 21.7. The van der Waals surface area contributed by atoms with Crippen molar-refractivity contribution in [1.29, 1.82) is 0 Å². The van der Waals surface area contributed by atoms with E-state index in [1.165, 1.54) is 21.3 Å². The number of Topliss-reactive ketones (excluding diaryl/α,β-unsaturated/α-hetero) is 1. The van der Waals surface area contributed by atoms with Crippen LogP contribution >= 0.6 is 0 Å². The Morgan fingerprint density at radius 2 is 1.86 bits per heavy atom. The van der Waals surface area contributed by atoms with Crippen molar-refractivity contribution in [1.82, 2.24) is 0 Å². The molecule has 2 aliphatic heterocycles. The summed E-state index contributed by atoms with van der Waals surface area (Å²) in [4.78, 5) is 21.8. The predicted octanol–water partition coefficient (Wildman–Crippen LogP) is 2.92. The molecule has 144 valence electrons. The molecule has 1 aliphatic carbocycles. The summed E-state index contributed by atoms with van der Waals surface area (Å²) in [5.74, 6) is 1.62. The first-order chi connectivity index (χ1) is 13.6. The molecule has 7 heteroatoms. The zero-order valence-electron chi connectivity index (χ0n) is 15.9. The minimum absolute atomic E-state index is 0.165. The molecule has 7 nitrogen and oxygen atoms in total. The third kappa shape index (κ3) is 3.09. The van der Waals surface area contributed by atoms with Crippen molar-refractivity contribution in [2.24, 2.45) is 9.98 Å². The molecule has 3 aliphatic rings. The van der Waals surface area contributed by atoms with E-state index < -0.39 is 6.04 Å². The highest BCUT2D eigenvalue weighted by Gasteiger charge is 2.31. The third-order valence-corrected chi connectivity index (χ3v) is 4.82. The number of allylic oxidation sites excluding steroid dienone is 4. The molecule has 0 saturated carbocycles. The third-order valence-electron chi connectivity index (χ3n) is 4.82. The highest BCUT2D eigenvalue weighted by atomic mass is 16.5. The summed E-state index contributed by atoms with van der Waals surface area (Å²) in [5, 5.41) is 0. The van der Waals surface area contributed by atoms with Crippen molar-refractivity contribution < 1.29 is 23.7 Å². The number of fused-ring (bicyclic) bond motifs is 1. The van der Waals surface area contributed by atoms with Gasteiger partial charge in [-0.25, -0.2) is 4.99 Å². The molecule has 0 radical (unpaired) electrons. The Balaban J connectivity index is 1.58. The average molecular weight is 380 g/mol. The molecular weight excluding hydrogens is 360 g/mol. The number of nitrogens with zero attached hydrogens (tertiary/aromatic N) is 2. The van der Waals surface area contributed by atoms with Gasteiger partial charge in [-0.15, -0.1) is 0 Å². The molecule has 0 fully saturated rings. The molecule has 0 bridgehead atoms. The van der Waals surface area contributed by atoms with Crippen LogP contribution in [0.2, 0.25) is 0 Å². The zero-order chi connectivity index (χ0) is 19.7. The SMILES string of the molecule is COc1cc(C(=O)C2COC(C3=CC=C4C=CN=C4C3)=N2)cc(OC)c1OC. The molecule has 0 aromatic heterocycles. The normalized spacial score (nSPS) is 19.8. The quantitative estimate of drug-likeness (QED) is 0.709. The van der Waals surface area contributed by atoms with Gasteiger partial charge in [0.15, 0.2) is 23.3 Å². The molecule has 0 N–H and O–H groups in total. The maximum absolute atomic E-state index is 13.0. The molecule has 0 amide bonds. The van der Waals surface area contributed by atoms with Crippen molar-refractivity contribution in [3.63, 3.8) is 0 Å². The lowest BCUT2D eigenvalue weighted by Crippen LogP contribution is -2.20. The van der Waals surface area contributed by atoms with Gasteiger partial charge in [-0.05, 0) is 23.8 Å². The Kier molecular flexibility index (Phi) is 4.73. The molecule has 2 heterocycles. The van der Waals surface area contributed by atoms with Crippen LogP contribution in [0.4, 0.5) is 0 Å². The van der Waals surface area contributed by atoms with Crippen LogP contribution in [0, 0.1) is 0 Å². The number of carbonyl (C=O) groups excluding carboxylic acids is 1. The number of hydrogen-bond donors (Lipinski definition) is 0. The minimum Gasteiger partial charge on any atom is -0.493 e. The van der Waals surface area contributed by atoms with Gasteiger partial charge in [-0.3, -0.25) is 9.79 Å². The lowest BCUT2D eigenvalue weighted by atomic mass is 9.97. The summed E-state index contributed by atoms with van der Waals surface area (Å²) in [5.41, 5.74) is 3.44. The van der Waals surface area contributed by atoms with Crippen LogP contribution in [-0.2, 0) is 4.74 Å². The fourth-order valence-electron chi connectivity index (χ4n) is 3.35. The maximum atomic E-state index is 13.0. The number of rotatable bonds is 6. The number of hydrogen-bond acceptors (Lipinski definition) is 7. The molecule has 1 unspecified atom stereocenters. The van der Waals surface area contributed by atoms with Gasteiger partial charge in [0.2, 0.25) is 11.6 Å². The molecule has 0 saturated heterocycles. The van der Waals surface area contributed by atoms with E-state index in [1.807, 2.05) is 18.2 Å². The lowest BCUT2D eigenvalue weighted by molar-refractivity contribution is 0.0947. The first-order valence-corrected chi connectivity index (χ1v) is 8.84. The largest absolute Gasteiger partial charge is 0.493 e. The number of benzene rings is 1. The number of ether oxygens (including phenoxy) is 4. The zero-order valence-corrected chi connectivity index (χ0v) is 15.9. The Morgan fingerprint density at radius 3 is 2.54 bits per heavy atom. The van der Waals surface area contributed by atoms with Crippen molar-refractivity contribution in [3.8, 4) is 17.2 Å². The molecule has 1 aromatic carbocycles. The second-order valence-corrected chi connectivity index (χ2v) is 6.42. The minimum atomic E-state index is -0.618. The molecule has 0 spiro atoms. The van der Waals surface area contributed by atoms with Crippen LogP contribution in [0.3, 0.4) is 0 Å². The van der Waals surface area contributed by atoms with Gasteiger partial charge in [0.05, 0.1) is 27.0 Å². The van der Waals surface area contributed by atoms with E-state index in [0.717, 1.165) is 16.9 Å². The van der Waals surface area contributed by atoms with Crippen LogP contribution in [0.1, 0.15) is 16.8 Å². The van der Waals surface area contributed by atoms with Crippen LogP contribution in [0.15, 0.2) is 57.7 Å². The Hall–Kier alpha value is -3.35. The number of carbonyl (C=O) groups is 1. The maximum Gasteiger partial charge on any atom is 0.213 e. The van der Waals surface area contributed by atoms with Crippen molar-refractivity contribution in [2.75, 3.05) is 27.9 Å². The van der Waals surface area contributed by atoms with Gasteiger partial charge in [0, 0.05) is 23.8 Å². The molecular formula is C21H20N2O5. The van der Waals surface area contributed by atoms with Gasteiger partial charge in [0.1, 0.15) is 6.61 Å². The highest BCUT2D eigenvalue weighted by Crippen LogP contribution is 2.38. The van der Waals surface area contributed by atoms with E-state index in [-0.39, 0.29) is 12.4 Å². The van der Waals surface area contributed by atoms with Gasteiger partial charge >= 0.3 is 0 Å². The van der Waals surface area contributed by atoms with E-state index in [2.05, 4.69) is 9.98 Å². The predicted molar refractivity (Wildman–Crippen MR) is 105 cm³/mol. The second-order valence-electron chi connectivity index (χ2n) is 6.42. The van der Waals surface area contributed by atoms with Crippen LogP contribution < -0.4 is 14.2 Å². The number of methoxy groups -OCH3 is 3. The summed E-state index contributed by atoms with van der Waals surface area (Å²) in [7, 11) is 4.54. The smallest absolute Gasteiger partial charge is 0.213 e. The molecule has 4 rings (SSSR count). The number of aliphatic imine (C=N–C) groups is 2. The van der Waals surface area contributed by atoms with Gasteiger partial charge in [0.25, 0.3) is 0 Å².